The lowest BCUT2D eigenvalue weighted by Crippen LogP contribution is -2.31. The fraction of sp³-hybridized carbons (Fsp3) is 0.500. The molecular weight excluding hydrogens is 368 g/mol. The molecule has 1 N–H and O–H groups in total. The maximum Gasteiger partial charge on any atom is 0.322 e. The van der Waals surface area contributed by atoms with Crippen LogP contribution in [0.1, 0.15) is 61.7 Å². The van der Waals surface area contributed by atoms with Crippen LogP contribution >= 0.6 is 0 Å². The fourth-order valence-electron chi connectivity index (χ4n) is 2.90. The molecule has 1 aromatic heterocycles. The Labute approximate surface area is 159 Å². The zero-order valence-electron chi connectivity index (χ0n) is 15.5. The summed E-state index contributed by atoms with van der Waals surface area (Å²) in [7, 11) is -3.53. The first-order chi connectivity index (χ1) is 12.9. The van der Waals surface area contributed by atoms with Gasteiger partial charge in [0, 0.05) is 24.6 Å². The van der Waals surface area contributed by atoms with E-state index in [9.17, 15) is 13.2 Å². The summed E-state index contributed by atoms with van der Waals surface area (Å²) < 4.78 is 32.4. The number of hydrogen-bond donors (Lipinski definition) is 1. The molecule has 0 bridgehead atoms. The lowest BCUT2D eigenvalue weighted by atomic mass is 10.2. The first-order valence-electron chi connectivity index (χ1n) is 9.13. The van der Waals surface area contributed by atoms with E-state index in [-0.39, 0.29) is 16.8 Å². The largest absolute Gasteiger partial charge is 0.408 e. The summed E-state index contributed by atoms with van der Waals surface area (Å²) >= 11 is 0. The standard InChI is InChI=1S/C18H24N4O4S/c1-13(2)17-20-21-18(26-17)19-16(23)14-7-9-15(10-8-14)27(24,25)22-11-5-3-4-6-12-22/h7-10,13H,3-6,11-12H2,1-2H3,(H,19,21,23). The third kappa shape index (κ3) is 4.54. The van der Waals surface area contributed by atoms with Crippen molar-refractivity contribution in [1.29, 1.82) is 0 Å². The maximum absolute atomic E-state index is 12.8. The second kappa shape index (κ2) is 8.18. The van der Waals surface area contributed by atoms with Gasteiger partial charge in [-0.2, -0.15) is 4.31 Å². The summed E-state index contributed by atoms with van der Waals surface area (Å²) in [4.78, 5) is 12.5. The Kier molecular flexibility index (Phi) is 5.91. The predicted molar refractivity (Wildman–Crippen MR) is 100 cm³/mol. The molecule has 27 heavy (non-hydrogen) atoms. The zero-order valence-corrected chi connectivity index (χ0v) is 16.3. The van der Waals surface area contributed by atoms with E-state index in [1.807, 2.05) is 13.8 Å². The van der Waals surface area contributed by atoms with E-state index in [0.717, 1.165) is 25.7 Å². The summed E-state index contributed by atoms with van der Waals surface area (Å²) in [5, 5.41) is 10.2. The molecule has 0 spiro atoms. The number of hydrogen-bond acceptors (Lipinski definition) is 6. The van der Waals surface area contributed by atoms with E-state index in [1.54, 1.807) is 0 Å². The average molecular weight is 392 g/mol. The van der Waals surface area contributed by atoms with Crippen molar-refractivity contribution in [2.45, 2.75) is 50.3 Å². The van der Waals surface area contributed by atoms with E-state index in [4.69, 9.17) is 4.42 Å². The topological polar surface area (TPSA) is 105 Å². The van der Waals surface area contributed by atoms with Crippen molar-refractivity contribution >= 4 is 21.9 Å². The number of aromatic nitrogens is 2. The Morgan fingerprint density at radius 3 is 2.26 bits per heavy atom. The maximum atomic E-state index is 12.8. The molecule has 1 aliphatic rings. The number of rotatable bonds is 5. The Balaban J connectivity index is 1.71. The van der Waals surface area contributed by atoms with Crippen molar-refractivity contribution < 1.29 is 17.6 Å². The lowest BCUT2D eigenvalue weighted by Gasteiger charge is -2.19. The first kappa shape index (κ1) is 19.5. The minimum absolute atomic E-state index is 0.0185. The van der Waals surface area contributed by atoms with Crippen LogP contribution in [0.15, 0.2) is 33.6 Å². The summed E-state index contributed by atoms with van der Waals surface area (Å²) in [6, 6.07) is 5.91. The molecule has 0 atom stereocenters. The van der Waals surface area contributed by atoms with Gasteiger partial charge < -0.3 is 4.42 Å². The van der Waals surface area contributed by atoms with Gasteiger partial charge in [-0.05, 0) is 37.1 Å². The number of nitrogens with zero attached hydrogens (tertiary/aromatic N) is 3. The van der Waals surface area contributed by atoms with Crippen molar-refractivity contribution in [3.63, 3.8) is 0 Å². The molecule has 0 unspecified atom stereocenters. The number of anilines is 1. The average Bonchev–Trinajstić information content (AvgIpc) is 2.94. The summed E-state index contributed by atoms with van der Waals surface area (Å²) in [5.41, 5.74) is 0.314. The van der Waals surface area contributed by atoms with Gasteiger partial charge in [0.2, 0.25) is 15.9 Å². The van der Waals surface area contributed by atoms with Crippen LogP contribution in [0.5, 0.6) is 0 Å². The molecule has 1 amide bonds. The number of benzene rings is 1. The van der Waals surface area contributed by atoms with Gasteiger partial charge in [-0.25, -0.2) is 8.42 Å². The normalized spacial score (nSPS) is 16.3. The molecule has 0 saturated carbocycles. The van der Waals surface area contributed by atoms with E-state index >= 15 is 0 Å². The van der Waals surface area contributed by atoms with Crippen molar-refractivity contribution in [2.75, 3.05) is 18.4 Å². The molecule has 146 valence electrons. The molecule has 8 nitrogen and oxygen atoms in total. The Morgan fingerprint density at radius 2 is 1.70 bits per heavy atom. The SMILES string of the molecule is CC(C)c1nnc(NC(=O)c2ccc(S(=O)(=O)N3CCCCCC3)cc2)o1. The fourth-order valence-corrected chi connectivity index (χ4v) is 4.41. The molecule has 0 radical (unpaired) electrons. The third-order valence-corrected chi connectivity index (χ3v) is 6.39. The van der Waals surface area contributed by atoms with Gasteiger partial charge in [0.25, 0.3) is 5.91 Å². The molecule has 1 aliphatic heterocycles. The first-order valence-corrected chi connectivity index (χ1v) is 10.6. The van der Waals surface area contributed by atoms with E-state index in [1.165, 1.54) is 28.6 Å². The van der Waals surface area contributed by atoms with E-state index < -0.39 is 15.9 Å². The van der Waals surface area contributed by atoms with Crippen LogP contribution in [0.25, 0.3) is 0 Å². The molecular formula is C18H24N4O4S. The third-order valence-electron chi connectivity index (χ3n) is 4.47. The van der Waals surface area contributed by atoms with Crippen LogP contribution in [0.4, 0.5) is 6.01 Å². The summed E-state index contributed by atoms with van der Waals surface area (Å²) in [6.45, 7) is 4.89. The van der Waals surface area contributed by atoms with Crippen LogP contribution in [-0.4, -0.2) is 41.9 Å². The van der Waals surface area contributed by atoms with Gasteiger partial charge in [-0.1, -0.05) is 31.8 Å². The smallest absolute Gasteiger partial charge is 0.322 e. The van der Waals surface area contributed by atoms with Crippen LogP contribution in [0.3, 0.4) is 0 Å². The Hall–Kier alpha value is -2.26. The zero-order chi connectivity index (χ0) is 19.4. The molecule has 0 aliphatic carbocycles. The van der Waals surface area contributed by atoms with Crippen LogP contribution in [0.2, 0.25) is 0 Å². The number of carbonyl (C=O) groups is 1. The van der Waals surface area contributed by atoms with Crippen LogP contribution < -0.4 is 5.32 Å². The molecule has 2 aromatic rings. The monoisotopic (exact) mass is 392 g/mol. The van der Waals surface area contributed by atoms with Crippen molar-refractivity contribution in [3.05, 3.63) is 35.7 Å². The molecule has 2 heterocycles. The highest BCUT2D eigenvalue weighted by atomic mass is 32.2. The minimum Gasteiger partial charge on any atom is -0.408 e. The highest BCUT2D eigenvalue weighted by molar-refractivity contribution is 7.89. The highest BCUT2D eigenvalue weighted by Crippen LogP contribution is 2.21. The predicted octanol–water partition coefficient (Wildman–Crippen LogP) is 3.01. The quantitative estimate of drug-likeness (QED) is 0.838. The lowest BCUT2D eigenvalue weighted by molar-refractivity contribution is 0.102. The molecule has 3 rings (SSSR count). The highest BCUT2D eigenvalue weighted by Gasteiger charge is 2.25. The van der Waals surface area contributed by atoms with Crippen molar-refractivity contribution in [3.8, 4) is 0 Å². The van der Waals surface area contributed by atoms with Crippen molar-refractivity contribution in [1.82, 2.24) is 14.5 Å². The van der Waals surface area contributed by atoms with Gasteiger partial charge in [-0.3, -0.25) is 10.1 Å². The Bertz CT molecular complexity index is 882. The minimum atomic E-state index is -3.53. The van der Waals surface area contributed by atoms with Gasteiger partial charge >= 0.3 is 6.01 Å². The van der Waals surface area contributed by atoms with Crippen molar-refractivity contribution in [2.24, 2.45) is 0 Å². The number of sulfonamides is 1. The Morgan fingerprint density at radius 1 is 1.07 bits per heavy atom. The molecule has 1 saturated heterocycles. The number of amides is 1. The van der Waals surface area contributed by atoms with Crippen LogP contribution in [-0.2, 0) is 10.0 Å². The summed E-state index contributed by atoms with van der Waals surface area (Å²) in [6.07, 6.45) is 3.86. The second-order valence-corrected chi connectivity index (χ2v) is 8.83. The van der Waals surface area contributed by atoms with Gasteiger partial charge in [0.15, 0.2) is 0 Å². The summed E-state index contributed by atoms with van der Waals surface area (Å²) in [5.74, 6) is 0.0588. The number of carbonyl (C=O) groups excluding carboxylic acids is 1. The number of nitrogens with one attached hydrogen (secondary N) is 1. The molecule has 9 heteroatoms. The van der Waals surface area contributed by atoms with E-state index in [2.05, 4.69) is 15.5 Å². The van der Waals surface area contributed by atoms with Gasteiger partial charge in [0.05, 0.1) is 4.90 Å². The van der Waals surface area contributed by atoms with Crippen LogP contribution in [0, 0.1) is 0 Å². The molecule has 1 fully saturated rings. The van der Waals surface area contributed by atoms with Gasteiger partial charge in [0.1, 0.15) is 0 Å². The molecule has 1 aromatic carbocycles. The van der Waals surface area contributed by atoms with E-state index in [0.29, 0.717) is 24.5 Å². The second-order valence-electron chi connectivity index (χ2n) is 6.90. The van der Waals surface area contributed by atoms with Gasteiger partial charge in [-0.15, -0.1) is 5.10 Å².